The summed E-state index contributed by atoms with van der Waals surface area (Å²) in [6.45, 7) is 0. The number of benzene rings is 1. The Bertz CT molecular complexity index is 580. The molecule has 0 radical (unpaired) electrons. The summed E-state index contributed by atoms with van der Waals surface area (Å²) in [7, 11) is -4.27. The van der Waals surface area contributed by atoms with Gasteiger partial charge in [-0.05, 0) is 12.1 Å². The van der Waals surface area contributed by atoms with Gasteiger partial charge in [0, 0.05) is 5.39 Å². The molecular formula is C8H6N2O3S. The quantitative estimate of drug-likeness (QED) is 0.706. The normalized spacial score (nSPS) is 11.8. The van der Waals surface area contributed by atoms with Crippen LogP contribution >= 0.6 is 0 Å². The van der Waals surface area contributed by atoms with Crippen LogP contribution in [-0.2, 0) is 10.1 Å². The van der Waals surface area contributed by atoms with Gasteiger partial charge in [-0.2, -0.15) is 8.42 Å². The minimum atomic E-state index is -4.27. The lowest BCUT2D eigenvalue weighted by atomic mass is 10.2. The Hall–Kier alpha value is -1.53. The first-order valence-electron chi connectivity index (χ1n) is 3.77. The molecule has 1 N–H and O–H groups in total. The third kappa shape index (κ3) is 1.57. The number of nitrogens with zero attached hydrogens (tertiary/aromatic N) is 2. The van der Waals surface area contributed by atoms with Crippen molar-refractivity contribution in [3.63, 3.8) is 0 Å². The molecule has 2 rings (SSSR count). The summed E-state index contributed by atoms with van der Waals surface area (Å²) >= 11 is 0. The van der Waals surface area contributed by atoms with E-state index in [0.29, 0.717) is 10.9 Å². The lowest BCUT2D eigenvalue weighted by Gasteiger charge is -1.97. The minimum Gasteiger partial charge on any atom is -0.281 e. The zero-order chi connectivity index (χ0) is 10.2. The van der Waals surface area contributed by atoms with Crippen molar-refractivity contribution < 1.29 is 13.0 Å². The van der Waals surface area contributed by atoms with Crippen LogP contribution in [0.2, 0.25) is 0 Å². The fourth-order valence-electron chi connectivity index (χ4n) is 1.09. The molecule has 0 aliphatic rings. The van der Waals surface area contributed by atoms with Crippen molar-refractivity contribution in [2.75, 3.05) is 0 Å². The fraction of sp³-hybridized carbons (Fsp3) is 0. The van der Waals surface area contributed by atoms with E-state index in [9.17, 15) is 8.42 Å². The maximum absolute atomic E-state index is 10.7. The Balaban J connectivity index is 2.75. The van der Waals surface area contributed by atoms with Gasteiger partial charge in [0.25, 0.3) is 0 Å². The van der Waals surface area contributed by atoms with Crippen LogP contribution in [0.3, 0.4) is 0 Å². The maximum atomic E-state index is 10.7. The van der Waals surface area contributed by atoms with Gasteiger partial charge in [0.2, 0.25) is 5.03 Å². The highest BCUT2D eigenvalue weighted by atomic mass is 32.2. The Kier molecular flexibility index (Phi) is 1.94. The van der Waals surface area contributed by atoms with Crippen molar-refractivity contribution in [1.82, 2.24) is 10.2 Å². The topological polar surface area (TPSA) is 80.2 Å². The van der Waals surface area contributed by atoms with Gasteiger partial charge in [0.15, 0.2) is 0 Å². The van der Waals surface area contributed by atoms with Gasteiger partial charge in [0.05, 0.1) is 5.52 Å². The van der Waals surface area contributed by atoms with Gasteiger partial charge in [-0.1, -0.05) is 18.2 Å². The summed E-state index contributed by atoms with van der Waals surface area (Å²) < 4.78 is 30.2. The van der Waals surface area contributed by atoms with E-state index in [-0.39, 0.29) is 0 Å². The van der Waals surface area contributed by atoms with Crippen LogP contribution in [0.4, 0.5) is 0 Å². The maximum Gasteiger partial charge on any atom is 0.314 e. The first-order chi connectivity index (χ1) is 6.57. The number of fused-ring (bicyclic) bond motifs is 1. The molecule has 5 nitrogen and oxygen atoms in total. The second kappa shape index (κ2) is 3.00. The Morgan fingerprint density at radius 2 is 1.86 bits per heavy atom. The lowest BCUT2D eigenvalue weighted by molar-refractivity contribution is 0.478. The van der Waals surface area contributed by atoms with Crippen molar-refractivity contribution in [3.8, 4) is 0 Å². The Labute approximate surface area is 80.1 Å². The van der Waals surface area contributed by atoms with Crippen LogP contribution in [0.1, 0.15) is 0 Å². The first-order valence-corrected chi connectivity index (χ1v) is 5.21. The summed E-state index contributed by atoms with van der Waals surface area (Å²) in [5, 5.41) is 7.24. The van der Waals surface area contributed by atoms with Crippen molar-refractivity contribution in [1.29, 1.82) is 0 Å². The average molecular weight is 210 g/mol. The molecule has 72 valence electrons. The van der Waals surface area contributed by atoms with Crippen molar-refractivity contribution in [2.45, 2.75) is 5.03 Å². The zero-order valence-corrected chi connectivity index (χ0v) is 7.77. The van der Waals surface area contributed by atoms with Crippen LogP contribution in [0, 0.1) is 0 Å². The van der Waals surface area contributed by atoms with Gasteiger partial charge in [0.1, 0.15) is 0 Å². The van der Waals surface area contributed by atoms with Crippen LogP contribution in [0.15, 0.2) is 35.4 Å². The van der Waals surface area contributed by atoms with Crippen LogP contribution in [0.25, 0.3) is 10.9 Å². The number of hydrogen-bond donors (Lipinski definition) is 1. The SMILES string of the molecule is O=S(=O)(O)c1cc2ccccc2nn1. The molecule has 6 heteroatoms. The number of rotatable bonds is 1. The smallest absolute Gasteiger partial charge is 0.281 e. The predicted octanol–water partition coefficient (Wildman–Crippen LogP) is 0.877. The third-order valence-electron chi connectivity index (χ3n) is 1.74. The zero-order valence-electron chi connectivity index (χ0n) is 6.95. The summed E-state index contributed by atoms with van der Waals surface area (Å²) in [6.07, 6.45) is 0. The number of hydrogen-bond acceptors (Lipinski definition) is 4. The van der Waals surface area contributed by atoms with Gasteiger partial charge in [-0.15, -0.1) is 10.2 Å². The monoisotopic (exact) mass is 210 g/mol. The molecular weight excluding hydrogens is 204 g/mol. The molecule has 0 atom stereocenters. The molecule has 0 aliphatic carbocycles. The average Bonchev–Trinajstić information content (AvgIpc) is 2.16. The van der Waals surface area contributed by atoms with Crippen molar-refractivity contribution >= 4 is 21.0 Å². The highest BCUT2D eigenvalue weighted by Gasteiger charge is 2.12. The molecule has 0 bridgehead atoms. The van der Waals surface area contributed by atoms with E-state index in [0.717, 1.165) is 0 Å². The molecule has 0 unspecified atom stereocenters. The van der Waals surface area contributed by atoms with Crippen LogP contribution in [-0.4, -0.2) is 23.2 Å². The molecule has 1 heterocycles. The summed E-state index contributed by atoms with van der Waals surface area (Å²) in [5.74, 6) is 0. The molecule has 0 spiro atoms. The second-order valence-electron chi connectivity index (χ2n) is 2.72. The Morgan fingerprint density at radius 3 is 2.57 bits per heavy atom. The van der Waals surface area contributed by atoms with E-state index < -0.39 is 15.1 Å². The van der Waals surface area contributed by atoms with Crippen LogP contribution in [0.5, 0.6) is 0 Å². The lowest BCUT2D eigenvalue weighted by Crippen LogP contribution is -2.02. The summed E-state index contributed by atoms with van der Waals surface area (Å²) in [5.41, 5.74) is 0.583. The second-order valence-corrected chi connectivity index (χ2v) is 4.08. The summed E-state index contributed by atoms with van der Waals surface area (Å²) in [4.78, 5) is 0. The predicted molar refractivity (Wildman–Crippen MR) is 49.4 cm³/mol. The largest absolute Gasteiger partial charge is 0.314 e. The standard InChI is InChI=1S/C8H6N2O3S/c11-14(12,13)8-5-6-3-1-2-4-7(6)9-10-8/h1-5H,(H,11,12,13). The molecule has 0 fully saturated rings. The van der Waals surface area contributed by atoms with E-state index in [1.54, 1.807) is 24.3 Å². The Morgan fingerprint density at radius 1 is 1.14 bits per heavy atom. The molecule has 2 aromatic rings. The fourth-order valence-corrected chi connectivity index (χ4v) is 1.51. The minimum absolute atomic E-state index is 0.434. The molecule has 14 heavy (non-hydrogen) atoms. The molecule has 1 aromatic carbocycles. The molecule has 0 saturated carbocycles. The van der Waals surface area contributed by atoms with Crippen molar-refractivity contribution in [2.24, 2.45) is 0 Å². The molecule has 1 aromatic heterocycles. The summed E-state index contributed by atoms with van der Waals surface area (Å²) in [6, 6.07) is 8.19. The van der Waals surface area contributed by atoms with E-state index in [1.165, 1.54) is 6.07 Å². The molecule has 0 saturated heterocycles. The molecule has 0 aliphatic heterocycles. The van der Waals surface area contributed by atoms with Gasteiger partial charge < -0.3 is 0 Å². The highest BCUT2D eigenvalue weighted by molar-refractivity contribution is 7.85. The van der Waals surface area contributed by atoms with Crippen molar-refractivity contribution in [3.05, 3.63) is 30.3 Å². The van der Waals surface area contributed by atoms with E-state index in [1.807, 2.05) is 0 Å². The number of aromatic nitrogens is 2. The highest BCUT2D eigenvalue weighted by Crippen LogP contribution is 2.13. The van der Waals surface area contributed by atoms with Gasteiger partial charge in [-0.3, -0.25) is 4.55 Å². The first kappa shape index (κ1) is 9.04. The van der Waals surface area contributed by atoms with E-state index >= 15 is 0 Å². The van der Waals surface area contributed by atoms with Gasteiger partial charge >= 0.3 is 10.1 Å². The van der Waals surface area contributed by atoms with E-state index in [2.05, 4.69) is 10.2 Å². The third-order valence-corrected chi connectivity index (χ3v) is 2.46. The molecule has 0 amide bonds. The van der Waals surface area contributed by atoms with Gasteiger partial charge in [-0.25, -0.2) is 0 Å². The van der Waals surface area contributed by atoms with E-state index in [4.69, 9.17) is 4.55 Å². The van der Waals surface area contributed by atoms with Crippen LogP contribution < -0.4 is 0 Å².